The molecule has 0 aliphatic rings. The van der Waals surface area contributed by atoms with Gasteiger partial charge in [-0.3, -0.25) is 9.59 Å². The molecule has 0 radical (unpaired) electrons. The molecule has 0 aliphatic carbocycles. The predicted octanol–water partition coefficient (Wildman–Crippen LogP) is 1.74. The van der Waals surface area contributed by atoms with Crippen LogP contribution in [0.1, 0.15) is 31.1 Å². The fraction of sp³-hybridized carbons (Fsp3) is 0. The van der Waals surface area contributed by atoms with Gasteiger partial charge in [0.25, 0.3) is 5.91 Å². The van der Waals surface area contributed by atoms with Gasteiger partial charge >= 0.3 is 5.97 Å². The molecule has 0 saturated carbocycles. The molecule has 2 aromatic rings. The average Bonchev–Trinajstić information content (AvgIpc) is 2.47. The first-order chi connectivity index (χ1) is 9.99. The maximum Gasteiger partial charge on any atom is 0.337 e. The molecule has 0 spiro atoms. The Kier molecular flexibility index (Phi) is 3.99. The van der Waals surface area contributed by atoms with E-state index in [1.165, 1.54) is 36.4 Å². The molecule has 0 saturated heterocycles. The van der Waals surface area contributed by atoms with Crippen molar-refractivity contribution in [2.75, 3.05) is 5.32 Å². The van der Waals surface area contributed by atoms with E-state index in [4.69, 9.17) is 10.8 Å². The van der Waals surface area contributed by atoms with Crippen molar-refractivity contribution in [1.29, 1.82) is 0 Å². The van der Waals surface area contributed by atoms with Crippen molar-refractivity contribution in [2.45, 2.75) is 0 Å². The van der Waals surface area contributed by atoms with Crippen LogP contribution in [0, 0.1) is 0 Å². The topological polar surface area (TPSA) is 109 Å². The van der Waals surface area contributed by atoms with E-state index >= 15 is 0 Å². The average molecular weight is 284 g/mol. The van der Waals surface area contributed by atoms with E-state index in [1.807, 2.05) is 0 Å². The Morgan fingerprint density at radius 1 is 0.952 bits per heavy atom. The summed E-state index contributed by atoms with van der Waals surface area (Å²) in [5, 5.41) is 11.6. The zero-order chi connectivity index (χ0) is 15.4. The molecule has 2 aromatic carbocycles. The number of para-hydroxylation sites is 1. The Morgan fingerprint density at radius 3 is 2.29 bits per heavy atom. The van der Waals surface area contributed by atoms with Gasteiger partial charge in [-0.15, -0.1) is 0 Å². The van der Waals surface area contributed by atoms with Crippen LogP contribution >= 0.6 is 0 Å². The summed E-state index contributed by atoms with van der Waals surface area (Å²) in [5.41, 5.74) is 5.73. The largest absolute Gasteiger partial charge is 0.478 e. The molecule has 0 aromatic heterocycles. The Labute approximate surface area is 120 Å². The quantitative estimate of drug-likeness (QED) is 0.794. The fourth-order valence-corrected chi connectivity index (χ4v) is 1.79. The van der Waals surface area contributed by atoms with Crippen LogP contribution in [0.15, 0.2) is 48.5 Å². The molecule has 0 atom stereocenters. The van der Waals surface area contributed by atoms with Crippen LogP contribution in [-0.2, 0) is 0 Å². The van der Waals surface area contributed by atoms with Crippen LogP contribution in [0.2, 0.25) is 0 Å². The summed E-state index contributed by atoms with van der Waals surface area (Å²) in [6.45, 7) is 0. The molecule has 6 heteroatoms. The molecule has 0 heterocycles. The molecule has 21 heavy (non-hydrogen) atoms. The molecule has 0 aliphatic heterocycles. The second-order valence-corrected chi connectivity index (χ2v) is 4.25. The molecule has 106 valence electrons. The first-order valence-electron chi connectivity index (χ1n) is 6.02. The van der Waals surface area contributed by atoms with E-state index in [0.29, 0.717) is 0 Å². The number of rotatable bonds is 4. The van der Waals surface area contributed by atoms with Crippen molar-refractivity contribution in [3.63, 3.8) is 0 Å². The molecule has 2 amide bonds. The van der Waals surface area contributed by atoms with Gasteiger partial charge in [0.15, 0.2) is 0 Å². The predicted molar refractivity (Wildman–Crippen MR) is 76.3 cm³/mol. The Bertz CT molecular complexity index is 725. The Balaban J connectivity index is 2.28. The summed E-state index contributed by atoms with van der Waals surface area (Å²) >= 11 is 0. The summed E-state index contributed by atoms with van der Waals surface area (Å²) in [5.74, 6) is -2.31. The van der Waals surface area contributed by atoms with Gasteiger partial charge in [0.2, 0.25) is 5.91 Å². The maximum atomic E-state index is 12.1. The van der Waals surface area contributed by atoms with Crippen molar-refractivity contribution in [1.82, 2.24) is 0 Å². The van der Waals surface area contributed by atoms with Gasteiger partial charge in [0, 0.05) is 11.1 Å². The summed E-state index contributed by atoms with van der Waals surface area (Å²) in [6, 6.07) is 11.9. The smallest absolute Gasteiger partial charge is 0.337 e. The highest BCUT2D eigenvalue weighted by molar-refractivity contribution is 6.08. The minimum absolute atomic E-state index is 0.0168. The van der Waals surface area contributed by atoms with Gasteiger partial charge < -0.3 is 16.2 Å². The second-order valence-electron chi connectivity index (χ2n) is 4.25. The molecule has 4 N–H and O–H groups in total. The van der Waals surface area contributed by atoms with Gasteiger partial charge in [-0.05, 0) is 30.3 Å². The SMILES string of the molecule is NC(=O)c1cccc(C(=O)Nc2ccccc2C(=O)O)c1. The van der Waals surface area contributed by atoms with Crippen molar-refractivity contribution < 1.29 is 19.5 Å². The standard InChI is InChI=1S/C15H12N2O4/c16-13(18)9-4-3-5-10(8-9)14(19)17-12-7-2-1-6-11(12)15(20)21/h1-8H,(H2,16,18)(H,17,19)(H,20,21). The van der Waals surface area contributed by atoms with Gasteiger partial charge in [0.1, 0.15) is 0 Å². The molecular formula is C15H12N2O4. The van der Waals surface area contributed by atoms with Crippen molar-refractivity contribution in [3.05, 3.63) is 65.2 Å². The number of carbonyl (C=O) groups excluding carboxylic acids is 2. The van der Waals surface area contributed by atoms with E-state index in [0.717, 1.165) is 0 Å². The number of primary amides is 1. The third-order valence-electron chi connectivity index (χ3n) is 2.81. The highest BCUT2D eigenvalue weighted by Crippen LogP contribution is 2.16. The zero-order valence-electron chi connectivity index (χ0n) is 10.9. The number of anilines is 1. The lowest BCUT2D eigenvalue weighted by molar-refractivity contribution is 0.0697. The molecule has 2 rings (SSSR count). The van der Waals surface area contributed by atoms with Crippen LogP contribution in [0.4, 0.5) is 5.69 Å². The van der Waals surface area contributed by atoms with E-state index in [-0.39, 0.29) is 22.4 Å². The maximum absolute atomic E-state index is 12.1. The van der Waals surface area contributed by atoms with E-state index in [9.17, 15) is 14.4 Å². The lowest BCUT2D eigenvalue weighted by Crippen LogP contribution is -2.16. The Hall–Kier alpha value is -3.15. The lowest BCUT2D eigenvalue weighted by Gasteiger charge is -2.08. The van der Waals surface area contributed by atoms with Crippen molar-refractivity contribution >= 4 is 23.5 Å². The van der Waals surface area contributed by atoms with Gasteiger partial charge in [-0.1, -0.05) is 18.2 Å². The number of hydrogen-bond donors (Lipinski definition) is 3. The number of nitrogens with two attached hydrogens (primary N) is 1. The number of benzene rings is 2. The number of aromatic carboxylic acids is 1. The minimum atomic E-state index is -1.14. The summed E-state index contributed by atoms with van der Waals surface area (Å²) < 4.78 is 0. The first kappa shape index (κ1) is 14.3. The first-order valence-corrected chi connectivity index (χ1v) is 6.02. The monoisotopic (exact) mass is 284 g/mol. The summed E-state index contributed by atoms with van der Waals surface area (Å²) in [4.78, 5) is 34.3. The zero-order valence-corrected chi connectivity index (χ0v) is 10.9. The van der Waals surface area contributed by atoms with E-state index in [1.54, 1.807) is 12.1 Å². The molecular weight excluding hydrogens is 272 g/mol. The normalized spacial score (nSPS) is 9.90. The highest BCUT2D eigenvalue weighted by atomic mass is 16.4. The van der Waals surface area contributed by atoms with Crippen LogP contribution in [0.3, 0.4) is 0 Å². The number of carboxylic acid groups (broad SMARTS) is 1. The van der Waals surface area contributed by atoms with E-state index in [2.05, 4.69) is 5.32 Å². The summed E-state index contributed by atoms with van der Waals surface area (Å²) in [7, 11) is 0. The Morgan fingerprint density at radius 2 is 1.62 bits per heavy atom. The second kappa shape index (κ2) is 5.87. The third-order valence-corrected chi connectivity index (χ3v) is 2.81. The van der Waals surface area contributed by atoms with Gasteiger partial charge in [-0.2, -0.15) is 0 Å². The molecule has 6 nitrogen and oxygen atoms in total. The number of carboxylic acids is 1. The highest BCUT2D eigenvalue weighted by Gasteiger charge is 2.13. The fourth-order valence-electron chi connectivity index (χ4n) is 1.79. The van der Waals surface area contributed by atoms with E-state index < -0.39 is 17.8 Å². The van der Waals surface area contributed by atoms with Gasteiger partial charge in [-0.25, -0.2) is 4.79 Å². The van der Waals surface area contributed by atoms with Crippen LogP contribution in [-0.4, -0.2) is 22.9 Å². The lowest BCUT2D eigenvalue weighted by atomic mass is 10.1. The van der Waals surface area contributed by atoms with Crippen molar-refractivity contribution in [2.24, 2.45) is 5.73 Å². The number of amides is 2. The van der Waals surface area contributed by atoms with Crippen molar-refractivity contribution in [3.8, 4) is 0 Å². The van der Waals surface area contributed by atoms with Crippen LogP contribution in [0.5, 0.6) is 0 Å². The van der Waals surface area contributed by atoms with Crippen LogP contribution in [0.25, 0.3) is 0 Å². The number of carbonyl (C=O) groups is 3. The molecule has 0 fully saturated rings. The molecule has 0 unspecified atom stereocenters. The molecule has 0 bridgehead atoms. The third kappa shape index (κ3) is 3.24. The number of nitrogens with one attached hydrogen (secondary N) is 1. The minimum Gasteiger partial charge on any atom is -0.478 e. The van der Waals surface area contributed by atoms with Gasteiger partial charge in [0.05, 0.1) is 11.3 Å². The summed E-state index contributed by atoms with van der Waals surface area (Å²) in [6.07, 6.45) is 0. The number of hydrogen-bond acceptors (Lipinski definition) is 3. The van der Waals surface area contributed by atoms with Crippen LogP contribution < -0.4 is 11.1 Å².